The van der Waals surface area contributed by atoms with Gasteiger partial charge in [0.25, 0.3) is 11.5 Å². The first-order valence-corrected chi connectivity index (χ1v) is 8.54. The number of carboxylic acids is 1. The number of carboxylic acid groups (broad SMARTS) is 1. The molecule has 3 rings (SSSR count). The summed E-state index contributed by atoms with van der Waals surface area (Å²) in [6, 6.07) is 12.0. The van der Waals surface area contributed by atoms with E-state index in [9.17, 15) is 28.7 Å². The third-order valence-corrected chi connectivity index (χ3v) is 4.19. The van der Waals surface area contributed by atoms with Crippen LogP contribution in [0, 0.1) is 5.82 Å². The number of halogens is 1. The van der Waals surface area contributed by atoms with E-state index in [4.69, 9.17) is 0 Å². The molecule has 1 aromatic heterocycles. The van der Waals surface area contributed by atoms with Crippen LogP contribution in [-0.4, -0.2) is 32.6 Å². The van der Waals surface area contributed by atoms with E-state index in [-0.39, 0.29) is 16.7 Å². The SMILES string of the molecule is O=C(N[C@@H](Cn1cc(-c2ccccc2F)c(=O)[nH]c1=O)C(=O)O)c1ccccc1. The fraction of sp³-hybridized carbons (Fsp3) is 0.100. The van der Waals surface area contributed by atoms with Crippen molar-refractivity contribution in [2.45, 2.75) is 12.6 Å². The molecule has 1 amide bonds. The normalized spacial score (nSPS) is 11.6. The number of carbonyl (C=O) groups excluding carboxylic acids is 1. The molecule has 1 atom stereocenters. The van der Waals surface area contributed by atoms with E-state index in [2.05, 4.69) is 5.32 Å². The molecule has 3 N–H and O–H groups in total. The molecule has 0 aliphatic carbocycles. The number of nitrogens with zero attached hydrogens (tertiary/aromatic N) is 1. The Morgan fingerprint density at radius 2 is 1.69 bits per heavy atom. The van der Waals surface area contributed by atoms with Gasteiger partial charge in [-0.05, 0) is 18.2 Å². The molecule has 29 heavy (non-hydrogen) atoms. The molecule has 148 valence electrons. The van der Waals surface area contributed by atoms with Crippen LogP contribution in [0.2, 0.25) is 0 Å². The summed E-state index contributed by atoms with van der Waals surface area (Å²) in [5.74, 6) is -2.68. The second kappa shape index (κ2) is 8.34. The number of benzene rings is 2. The van der Waals surface area contributed by atoms with Crippen LogP contribution in [-0.2, 0) is 11.3 Å². The maximum Gasteiger partial charge on any atom is 0.328 e. The number of hydrogen-bond acceptors (Lipinski definition) is 4. The van der Waals surface area contributed by atoms with Crippen molar-refractivity contribution in [3.63, 3.8) is 0 Å². The van der Waals surface area contributed by atoms with Gasteiger partial charge in [0.2, 0.25) is 0 Å². The van der Waals surface area contributed by atoms with Crippen molar-refractivity contribution < 1.29 is 19.1 Å². The molecule has 0 bridgehead atoms. The highest BCUT2D eigenvalue weighted by Gasteiger charge is 2.22. The number of H-pyrrole nitrogens is 1. The Balaban J connectivity index is 1.93. The molecule has 9 heteroatoms. The molecule has 0 fully saturated rings. The van der Waals surface area contributed by atoms with Crippen molar-refractivity contribution in [2.75, 3.05) is 0 Å². The van der Waals surface area contributed by atoms with Crippen molar-refractivity contribution in [2.24, 2.45) is 0 Å². The van der Waals surface area contributed by atoms with Gasteiger partial charge in [-0.2, -0.15) is 0 Å². The highest BCUT2D eigenvalue weighted by atomic mass is 19.1. The van der Waals surface area contributed by atoms with E-state index < -0.39 is 41.5 Å². The summed E-state index contributed by atoms with van der Waals surface area (Å²) >= 11 is 0. The fourth-order valence-electron chi connectivity index (χ4n) is 2.73. The van der Waals surface area contributed by atoms with E-state index >= 15 is 0 Å². The van der Waals surface area contributed by atoms with Crippen LogP contribution in [0.25, 0.3) is 11.1 Å². The standard InChI is InChI=1S/C20H16FN3O5/c21-15-9-5-4-8-13(15)14-10-24(20(29)23-18(14)26)11-16(19(27)28)22-17(25)12-6-2-1-3-7-12/h1-10,16H,11H2,(H,22,25)(H,27,28)(H,23,26,29)/t16-/m0/s1. The first kappa shape index (κ1) is 19.7. The minimum Gasteiger partial charge on any atom is -0.480 e. The lowest BCUT2D eigenvalue weighted by Crippen LogP contribution is -2.46. The summed E-state index contributed by atoms with van der Waals surface area (Å²) in [5, 5.41) is 11.8. The summed E-state index contributed by atoms with van der Waals surface area (Å²) in [6.45, 7) is -0.467. The van der Waals surface area contributed by atoms with Gasteiger partial charge in [0.05, 0.1) is 12.1 Å². The molecule has 1 heterocycles. The Morgan fingerprint density at radius 1 is 1.03 bits per heavy atom. The van der Waals surface area contributed by atoms with Gasteiger partial charge in [0.1, 0.15) is 11.9 Å². The second-order valence-corrected chi connectivity index (χ2v) is 6.16. The number of rotatable bonds is 6. The van der Waals surface area contributed by atoms with Crippen LogP contribution in [0.4, 0.5) is 4.39 Å². The van der Waals surface area contributed by atoms with Crippen molar-refractivity contribution in [1.82, 2.24) is 14.9 Å². The number of carbonyl (C=O) groups is 2. The zero-order chi connectivity index (χ0) is 21.0. The second-order valence-electron chi connectivity index (χ2n) is 6.16. The summed E-state index contributed by atoms with van der Waals surface area (Å²) in [6.07, 6.45) is 1.07. The number of nitrogens with one attached hydrogen (secondary N) is 2. The predicted molar refractivity (Wildman–Crippen MR) is 102 cm³/mol. The predicted octanol–water partition coefficient (Wildman–Crippen LogP) is 1.23. The molecular weight excluding hydrogens is 381 g/mol. The monoisotopic (exact) mass is 397 g/mol. The number of aromatic nitrogens is 2. The first-order chi connectivity index (χ1) is 13.9. The lowest BCUT2D eigenvalue weighted by molar-refractivity contribution is -0.139. The van der Waals surface area contributed by atoms with Gasteiger partial charge < -0.3 is 10.4 Å². The molecule has 0 spiro atoms. The zero-order valence-electron chi connectivity index (χ0n) is 15.0. The van der Waals surface area contributed by atoms with Crippen molar-refractivity contribution in [1.29, 1.82) is 0 Å². The Kier molecular flexibility index (Phi) is 5.68. The maximum absolute atomic E-state index is 14.0. The molecule has 0 saturated heterocycles. The van der Waals surface area contributed by atoms with Crippen molar-refractivity contribution in [3.8, 4) is 11.1 Å². The average molecular weight is 397 g/mol. The van der Waals surface area contributed by atoms with Gasteiger partial charge in [-0.3, -0.25) is 19.1 Å². The lowest BCUT2D eigenvalue weighted by atomic mass is 10.1. The molecular formula is C20H16FN3O5. The Morgan fingerprint density at radius 3 is 2.34 bits per heavy atom. The third kappa shape index (κ3) is 4.46. The summed E-state index contributed by atoms with van der Waals surface area (Å²) in [4.78, 5) is 50.1. The zero-order valence-corrected chi connectivity index (χ0v) is 15.0. The molecule has 0 unspecified atom stereocenters. The van der Waals surface area contributed by atoms with E-state index in [1.807, 2.05) is 4.98 Å². The molecule has 8 nitrogen and oxygen atoms in total. The number of hydrogen-bond donors (Lipinski definition) is 3. The van der Waals surface area contributed by atoms with Crippen LogP contribution < -0.4 is 16.6 Å². The lowest BCUT2D eigenvalue weighted by Gasteiger charge is -2.16. The van der Waals surface area contributed by atoms with Gasteiger partial charge in [-0.1, -0.05) is 36.4 Å². The Hall–Kier alpha value is -4.01. The number of amides is 1. The van der Waals surface area contributed by atoms with Crippen LogP contribution in [0.1, 0.15) is 10.4 Å². The molecule has 3 aromatic rings. The average Bonchev–Trinajstić information content (AvgIpc) is 2.70. The van der Waals surface area contributed by atoms with Gasteiger partial charge in [-0.15, -0.1) is 0 Å². The van der Waals surface area contributed by atoms with Crippen molar-refractivity contribution in [3.05, 3.63) is 93.0 Å². The van der Waals surface area contributed by atoms with E-state index in [0.29, 0.717) is 0 Å². The molecule has 0 saturated carbocycles. The smallest absolute Gasteiger partial charge is 0.328 e. The van der Waals surface area contributed by atoms with E-state index in [1.165, 1.54) is 30.3 Å². The van der Waals surface area contributed by atoms with Crippen LogP contribution in [0.5, 0.6) is 0 Å². The Labute approximate surface area is 163 Å². The quantitative estimate of drug-likeness (QED) is 0.578. The van der Waals surface area contributed by atoms with Gasteiger partial charge in [0.15, 0.2) is 0 Å². The summed E-state index contributed by atoms with van der Waals surface area (Å²) < 4.78 is 15.0. The van der Waals surface area contributed by atoms with Gasteiger partial charge >= 0.3 is 11.7 Å². The summed E-state index contributed by atoms with van der Waals surface area (Å²) in [5.41, 5.74) is -1.62. The minimum atomic E-state index is -1.46. The van der Waals surface area contributed by atoms with Crippen molar-refractivity contribution >= 4 is 11.9 Å². The maximum atomic E-state index is 14.0. The molecule has 2 aromatic carbocycles. The van der Waals surface area contributed by atoms with Gasteiger partial charge in [-0.25, -0.2) is 14.0 Å². The molecule has 0 aliphatic heterocycles. The van der Waals surface area contributed by atoms with Gasteiger partial charge in [0, 0.05) is 17.3 Å². The van der Waals surface area contributed by atoms with Crippen LogP contribution in [0.3, 0.4) is 0 Å². The largest absolute Gasteiger partial charge is 0.480 e. The van der Waals surface area contributed by atoms with E-state index in [0.717, 1.165) is 16.8 Å². The number of aliphatic carboxylic acids is 1. The topological polar surface area (TPSA) is 121 Å². The number of aromatic amines is 1. The van der Waals surface area contributed by atoms with E-state index in [1.54, 1.807) is 18.2 Å². The summed E-state index contributed by atoms with van der Waals surface area (Å²) in [7, 11) is 0. The third-order valence-electron chi connectivity index (χ3n) is 4.19. The Bertz CT molecular complexity index is 1170. The van der Waals surface area contributed by atoms with Crippen LogP contribution in [0.15, 0.2) is 70.4 Å². The molecule has 0 radical (unpaired) electrons. The highest BCUT2D eigenvalue weighted by Crippen LogP contribution is 2.18. The first-order valence-electron chi connectivity index (χ1n) is 8.54. The minimum absolute atomic E-state index is 0.0392. The fourth-order valence-corrected chi connectivity index (χ4v) is 2.73. The molecule has 0 aliphatic rings. The van der Waals surface area contributed by atoms with Crippen LogP contribution >= 0.6 is 0 Å². The highest BCUT2D eigenvalue weighted by molar-refractivity contribution is 5.96.